The van der Waals surface area contributed by atoms with Gasteiger partial charge in [-0.2, -0.15) is 0 Å². The molecule has 0 spiro atoms. The molecule has 5 nitrogen and oxygen atoms in total. The van der Waals surface area contributed by atoms with Crippen LogP contribution in [0, 0.1) is 0 Å². The fourth-order valence-electron chi connectivity index (χ4n) is 2.75. The number of hydrogen-bond donors (Lipinski definition) is 2. The summed E-state index contributed by atoms with van der Waals surface area (Å²) in [6, 6.07) is 2.10. The number of nitrogens with one attached hydrogen (secondary N) is 2. The normalized spacial score (nSPS) is 21.7. The molecule has 0 atom stereocenters. The summed E-state index contributed by atoms with van der Waals surface area (Å²) in [5.74, 6) is -0.104. The van der Waals surface area contributed by atoms with E-state index < -0.39 is 0 Å². The fourth-order valence-corrected chi connectivity index (χ4v) is 2.91. The van der Waals surface area contributed by atoms with Gasteiger partial charge < -0.3 is 15.4 Å². The van der Waals surface area contributed by atoms with Crippen molar-refractivity contribution in [2.45, 2.75) is 57.7 Å². The van der Waals surface area contributed by atoms with Crippen LogP contribution in [0.4, 0.5) is 5.69 Å². The van der Waals surface area contributed by atoms with E-state index in [9.17, 15) is 4.79 Å². The first-order valence-electron chi connectivity index (χ1n) is 7.75. The number of aromatic nitrogens is 1. The fraction of sp³-hybridized carbons (Fsp3) is 0.625. The molecule has 0 bridgehead atoms. The van der Waals surface area contributed by atoms with Gasteiger partial charge in [0.1, 0.15) is 5.15 Å². The van der Waals surface area contributed by atoms with Crippen LogP contribution in [0.2, 0.25) is 5.15 Å². The van der Waals surface area contributed by atoms with E-state index in [1.807, 2.05) is 13.8 Å². The molecule has 6 heteroatoms. The van der Waals surface area contributed by atoms with Gasteiger partial charge in [0.15, 0.2) is 0 Å². The number of methoxy groups -OCH3 is 1. The number of rotatable bonds is 5. The number of ether oxygens (including phenoxy) is 1. The Bertz CT molecular complexity index is 514. The van der Waals surface area contributed by atoms with Crippen molar-refractivity contribution in [1.82, 2.24) is 10.3 Å². The Morgan fingerprint density at radius 2 is 2.05 bits per heavy atom. The molecule has 0 saturated heterocycles. The molecule has 2 N–H and O–H groups in total. The lowest BCUT2D eigenvalue weighted by atomic mass is 9.93. The van der Waals surface area contributed by atoms with Gasteiger partial charge in [-0.1, -0.05) is 11.6 Å². The summed E-state index contributed by atoms with van der Waals surface area (Å²) in [6.07, 6.45) is 5.71. The van der Waals surface area contributed by atoms with E-state index in [4.69, 9.17) is 16.3 Å². The molecular weight excluding hydrogens is 302 g/mol. The van der Waals surface area contributed by atoms with Crippen molar-refractivity contribution in [2.75, 3.05) is 12.4 Å². The standard InChI is InChI=1S/C16H24ClN3O2/c1-10(2)19-14-8-15(17)18-9-13(14)16(21)20-11-4-6-12(22-3)7-5-11/h8-12H,4-7H2,1-3H3,(H,18,19)(H,20,21)/t11-,12+. The second-order valence-corrected chi connectivity index (χ2v) is 6.42. The smallest absolute Gasteiger partial charge is 0.255 e. The number of anilines is 1. The Kier molecular flexibility index (Phi) is 6.03. The van der Waals surface area contributed by atoms with Crippen LogP contribution in [0.3, 0.4) is 0 Å². The molecule has 1 aromatic heterocycles. The molecule has 1 saturated carbocycles. The largest absolute Gasteiger partial charge is 0.382 e. The molecule has 0 aromatic carbocycles. The Morgan fingerprint density at radius 1 is 1.36 bits per heavy atom. The highest BCUT2D eigenvalue weighted by atomic mass is 35.5. The number of halogens is 1. The second kappa shape index (κ2) is 7.79. The summed E-state index contributed by atoms with van der Waals surface area (Å²) < 4.78 is 5.36. The highest BCUT2D eigenvalue weighted by molar-refractivity contribution is 6.29. The third-order valence-corrected chi connectivity index (χ3v) is 4.11. The summed E-state index contributed by atoms with van der Waals surface area (Å²) in [5.41, 5.74) is 1.25. The molecule has 0 aliphatic heterocycles. The van der Waals surface area contributed by atoms with E-state index in [2.05, 4.69) is 15.6 Å². The lowest BCUT2D eigenvalue weighted by molar-refractivity contribution is 0.0599. The second-order valence-electron chi connectivity index (χ2n) is 6.03. The van der Waals surface area contributed by atoms with Gasteiger partial charge in [0.05, 0.1) is 17.4 Å². The first kappa shape index (κ1) is 17.0. The van der Waals surface area contributed by atoms with E-state index >= 15 is 0 Å². The molecule has 1 aromatic rings. The van der Waals surface area contributed by atoms with Crippen LogP contribution in [-0.2, 0) is 4.74 Å². The van der Waals surface area contributed by atoms with E-state index in [1.165, 1.54) is 6.20 Å². The topological polar surface area (TPSA) is 63.2 Å². The van der Waals surface area contributed by atoms with Crippen LogP contribution >= 0.6 is 11.6 Å². The van der Waals surface area contributed by atoms with Crippen molar-refractivity contribution >= 4 is 23.2 Å². The Labute approximate surface area is 136 Å². The maximum atomic E-state index is 12.5. The molecule has 0 radical (unpaired) electrons. The predicted octanol–water partition coefficient (Wildman–Crippen LogP) is 3.24. The minimum Gasteiger partial charge on any atom is -0.382 e. The van der Waals surface area contributed by atoms with Gasteiger partial charge in [-0.15, -0.1) is 0 Å². The molecule has 2 rings (SSSR count). The zero-order valence-corrected chi connectivity index (χ0v) is 14.1. The minimum atomic E-state index is -0.104. The molecule has 1 aliphatic rings. The summed E-state index contributed by atoms with van der Waals surface area (Å²) in [6.45, 7) is 4.03. The first-order chi connectivity index (χ1) is 10.5. The summed E-state index contributed by atoms with van der Waals surface area (Å²) in [7, 11) is 1.74. The van der Waals surface area contributed by atoms with Gasteiger partial charge in [0.2, 0.25) is 0 Å². The van der Waals surface area contributed by atoms with Crippen LogP contribution in [0.15, 0.2) is 12.3 Å². The van der Waals surface area contributed by atoms with Crippen molar-refractivity contribution in [3.63, 3.8) is 0 Å². The number of amides is 1. The van der Waals surface area contributed by atoms with Gasteiger partial charge >= 0.3 is 0 Å². The summed E-state index contributed by atoms with van der Waals surface area (Å²) >= 11 is 5.93. The predicted molar refractivity (Wildman–Crippen MR) is 88.5 cm³/mol. The van der Waals surface area contributed by atoms with Crippen molar-refractivity contribution in [3.8, 4) is 0 Å². The van der Waals surface area contributed by atoms with Crippen LogP contribution in [0.1, 0.15) is 49.9 Å². The zero-order chi connectivity index (χ0) is 16.1. The van der Waals surface area contributed by atoms with E-state index in [0.717, 1.165) is 31.4 Å². The maximum Gasteiger partial charge on any atom is 0.255 e. The summed E-state index contributed by atoms with van der Waals surface area (Å²) in [5, 5.41) is 6.71. The lowest BCUT2D eigenvalue weighted by Crippen LogP contribution is -2.39. The van der Waals surface area contributed by atoms with E-state index in [-0.39, 0.29) is 18.0 Å². The van der Waals surface area contributed by atoms with Crippen molar-refractivity contribution < 1.29 is 9.53 Å². The average Bonchev–Trinajstić information content (AvgIpc) is 2.47. The molecule has 122 valence electrons. The Balaban J connectivity index is 2.03. The molecule has 1 fully saturated rings. The lowest BCUT2D eigenvalue weighted by Gasteiger charge is -2.28. The zero-order valence-electron chi connectivity index (χ0n) is 13.4. The van der Waals surface area contributed by atoms with E-state index in [1.54, 1.807) is 13.2 Å². The quantitative estimate of drug-likeness (QED) is 0.816. The maximum absolute atomic E-state index is 12.5. The number of carbonyl (C=O) groups excluding carboxylic acids is 1. The van der Waals surface area contributed by atoms with Crippen LogP contribution in [-0.4, -0.2) is 36.2 Å². The van der Waals surface area contributed by atoms with Gasteiger partial charge in [-0.3, -0.25) is 4.79 Å². The number of hydrogen-bond acceptors (Lipinski definition) is 4. The Hall–Kier alpha value is -1.33. The SMILES string of the molecule is CO[C@H]1CC[C@@H](NC(=O)c2cnc(Cl)cc2NC(C)C)CC1. The Morgan fingerprint density at radius 3 is 2.64 bits per heavy atom. The van der Waals surface area contributed by atoms with Crippen LogP contribution in [0.25, 0.3) is 0 Å². The first-order valence-corrected chi connectivity index (χ1v) is 8.13. The molecule has 1 heterocycles. The van der Waals surface area contributed by atoms with Crippen molar-refractivity contribution in [1.29, 1.82) is 0 Å². The molecule has 0 unspecified atom stereocenters. The molecule has 1 aliphatic carbocycles. The van der Waals surface area contributed by atoms with Gasteiger partial charge in [-0.05, 0) is 45.6 Å². The minimum absolute atomic E-state index is 0.104. The summed E-state index contributed by atoms with van der Waals surface area (Å²) in [4.78, 5) is 16.5. The monoisotopic (exact) mass is 325 g/mol. The molecule has 1 amide bonds. The van der Waals surface area contributed by atoms with E-state index in [0.29, 0.717) is 16.8 Å². The number of carbonyl (C=O) groups is 1. The van der Waals surface area contributed by atoms with Crippen molar-refractivity contribution in [2.24, 2.45) is 0 Å². The number of pyridine rings is 1. The third kappa shape index (κ3) is 4.58. The van der Waals surface area contributed by atoms with Gasteiger partial charge in [0.25, 0.3) is 5.91 Å². The highest BCUT2D eigenvalue weighted by Gasteiger charge is 2.23. The molecule has 22 heavy (non-hydrogen) atoms. The van der Waals surface area contributed by atoms with Gasteiger partial charge in [-0.25, -0.2) is 4.98 Å². The average molecular weight is 326 g/mol. The highest BCUT2D eigenvalue weighted by Crippen LogP contribution is 2.23. The third-order valence-electron chi connectivity index (χ3n) is 3.90. The van der Waals surface area contributed by atoms with Crippen LogP contribution < -0.4 is 10.6 Å². The van der Waals surface area contributed by atoms with Crippen LogP contribution in [0.5, 0.6) is 0 Å². The van der Waals surface area contributed by atoms with Gasteiger partial charge in [0, 0.05) is 25.4 Å². The van der Waals surface area contributed by atoms with Crippen molar-refractivity contribution in [3.05, 3.63) is 23.0 Å². The number of nitrogens with zero attached hydrogens (tertiary/aromatic N) is 1. The molecular formula is C16H24ClN3O2.